The number of amides is 3. The number of rotatable bonds is 21. The van der Waals surface area contributed by atoms with Crippen molar-refractivity contribution in [3.8, 4) is 16.9 Å². The molecule has 6 rings (SSSR count). The molecule has 0 spiro atoms. The van der Waals surface area contributed by atoms with Crippen molar-refractivity contribution >= 4 is 59.6 Å². The number of esters is 4. The summed E-state index contributed by atoms with van der Waals surface area (Å²) >= 11 is 0. The third kappa shape index (κ3) is 13.6. The van der Waals surface area contributed by atoms with Gasteiger partial charge in [0.2, 0.25) is 11.8 Å². The highest BCUT2D eigenvalue weighted by Gasteiger charge is 2.54. The molecule has 3 amide bonds. The van der Waals surface area contributed by atoms with Crippen molar-refractivity contribution in [3.05, 3.63) is 123 Å². The summed E-state index contributed by atoms with van der Waals surface area (Å²) in [5.41, 5.74) is 4.48. The van der Waals surface area contributed by atoms with E-state index in [1.165, 1.54) is 49.4 Å². The second-order valence-corrected chi connectivity index (χ2v) is 17.6. The van der Waals surface area contributed by atoms with Gasteiger partial charge in [-0.1, -0.05) is 62.4 Å². The fourth-order valence-electron chi connectivity index (χ4n) is 8.77. The lowest BCUT2D eigenvalue weighted by molar-refractivity contribution is -0.384. The van der Waals surface area contributed by atoms with Crippen molar-refractivity contribution in [2.24, 2.45) is 5.92 Å². The van der Waals surface area contributed by atoms with Crippen LogP contribution in [0.4, 0.5) is 16.2 Å². The summed E-state index contributed by atoms with van der Waals surface area (Å²) in [7, 11) is 1.05. The van der Waals surface area contributed by atoms with Crippen LogP contribution < -0.4 is 20.7 Å². The van der Waals surface area contributed by atoms with Crippen molar-refractivity contribution in [1.82, 2.24) is 10.6 Å². The number of methoxy groups -OCH3 is 1. The Morgan fingerprint density at radius 3 is 1.92 bits per heavy atom. The smallest absolute Gasteiger partial charge is 0.407 e. The number of ether oxygens (including phenoxy) is 8. The van der Waals surface area contributed by atoms with Crippen LogP contribution in [0.15, 0.2) is 91.0 Å². The number of alkyl carbamates (subject to hydrolysis) is 1. The van der Waals surface area contributed by atoms with Gasteiger partial charge in [-0.3, -0.25) is 38.9 Å². The van der Waals surface area contributed by atoms with Gasteiger partial charge in [0.25, 0.3) is 18.4 Å². The number of nitrogens with one attached hydrogen (secondary N) is 3. The summed E-state index contributed by atoms with van der Waals surface area (Å²) in [6.07, 6.45) is -10.3. The Kier molecular flexibility index (Phi) is 18.4. The van der Waals surface area contributed by atoms with Gasteiger partial charge in [0.15, 0.2) is 24.4 Å². The summed E-state index contributed by atoms with van der Waals surface area (Å²) in [5.74, 6) is -5.62. The largest absolute Gasteiger partial charge is 0.467 e. The molecule has 0 aromatic heterocycles. The molecule has 22 heteroatoms. The monoisotopic (exact) mass is 1020 g/mol. The molecule has 0 saturated carbocycles. The zero-order chi connectivity index (χ0) is 53.8. The molecule has 2 aliphatic rings. The molecule has 392 valence electrons. The minimum atomic E-state index is -1.69. The second-order valence-electron chi connectivity index (χ2n) is 17.6. The maximum absolute atomic E-state index is 13.8. The van der Waals surface area contributed by atoms with Crippen LogP contribution in [0.5, 0.6) is 5.75 Å². The van der Waals surface area contributed by atoms with E-state index in [1.807, 2.05) is 48.5 Å². The van der Waals surface area contributed by atoms with Gasteiger partial charge in [-0.2, -0.15) is 0 Å². The van der Waals surface area contributed by atoms with E-state index in [0.717, 1.165) is 50.1 Å². The first-order chi connectivity index (χ1) is 35.3. The Bertz CT molecular complexity index is 2700. The molecular weight excluding hydrogens is 969 g/mol. The Morgan fingerprint density at radius 1 is 0.757 bits per heavy atom. The second kappa shape index (κ2) is 24.8. The highest BCUT2D eigenvalue weighted by atomic mass is 16.7. The van der Waals surface area contributed by atoms with Crippen molar-refractivity contribution in [3.63, 3.8) is 0 Å². The average molecular weight is 1030 g/mol. The summed E-state index contributed by atoms with van der Waals surface area (Å²) in [4.78, 5) is 114. The number of carbonyl (C=O) groups excluding carboxylic acids is 8. The number of nitro groups is 1. The lowest BCUT2D eigenvalue weighted by atomic mass is 9.90. The van der Waals surface area contributed by atoms with Crippen LogP contribution in [0.1, 0.15) is 82.4 Å². The molecule has 22 nitrogen and oxygen atoms in total. The molecule has 1 fully saturated rings. The molecule has 0 radical (unpaired) electrons. The van der Waals surface area contributed by atoms with Gasteiger partial charge in [-0.25, -0.2) is 9.59 Å². The molecule has 4 aromatic rings. The van der Waals surface area contributed by atoms with Gasteiger partial charge in [0.05, 0.1) is 18.1 Å². The molecule has 74 heavy (non-hydrogen) atoms. The first-order valence-electron chi connectivity index (χ1n) is 23.4. The van der Waals surface area contributed by atoms with E-state index in [-0.39, 0.29) is 60.1 Å². The van der Waals surface area contributed by atoms with Gasteiger partial charge >= 0.3 is 30.0 Å². The fourth-order valence-corrected chi connectivity index (χ4v) is 8.77. The first-order valence-corrected chi connectivity index (χ1v) is 23.4. The van der Waals surface area contributed by atoms with Gasteiger partial charge < -0.3 is 53.8 Å². The average Bonchev–Trinajstić information content (AvgIpc) is 3.68. The van der Waals surface area contributed by atoms with Crippen molar-refractivity contribution in [1.29, 1.82) is 0 Å². The Morgan fingerprint density at radius 2 is 1.35 bits per heavy atom. The van der Waals surface area contributed by atoms with E-state index in [1.54, 1.807) is 13.8 Å². The van der Waals surface area contributed by atoms with Crippen LogP contribution in [0.2, 0.25) is 0 Å². The number of fused-ring (bicyclic) bond motifs is 3. The molecule has 1 aliphatic heterocycles. The topological polar surface area (TPSA) is 290 Å². The van der Waals surface area contributed by atoms with Crippen LogP contribution in [0.3, 0.4) is 0 Å². The van der Waals surface area contributed by atoms with Gasteiger partial charge in [-0.05, 0) is 83.8 Å². The summed E-state index contributed by atoms with van der Waals surface area (Å²) in [6.45, 7) is 8.14. The first kappa shape index (κ1) is 54.9. The van der Waals surface area contributed by atoms with Crippen LogP contribution >= 0.6 is 0 Å². The van der Waals surface area contributed by atoms with E-state index in [9.17, 15) is 48.5 Å². The normalized spacial score (nSPS) is 18.9. The van der Waals surface area contributed by atoms with Gasteiger partial charge in [0, 0.05) is 50.1 Å². The number of aryl methyl sites for hydroxylation is 1. The van der Waals surface area contributed by atoms with Gasteiger partial charge in [-0.15, -0.1) is 0 Å². The molecule has 3 N–H and O–H groups in total. The molecule has 1 heterocycles. The van der Waals surface area contributed by atoms with E-state index in [0.29, 0.717) is 0 Å². The molecule has 2 unspecified atom stereocenters. The molecule has 0 bridgehead atoms. The quantitative estimate of drug-likeness (QED) is 0.0231. The number of hydrogen-bond donors (Lipinski definition) is 3. The number of nitro benzene ring substituents is 1. The molecular formula is C52H56N4O18. The molecule has 1 aliphatic carbocycles. The minimum Gasteiger partial charge on any atom is -0.467 e. The predicted octanol–water partition coefficient (Wildman–Crippen LogP) is 5.52. The number of anilines is 1. The number of carbonyl (C=O) groups is 8. The van der Waals surface area contributed by atoms with Crippen molar-refractivity contribution < 1.29 is 81.2 Å². The Hall–Kier alpha value is -8.40. The maximum atomic E-state index is 13.8. The lowest BCUT2D eigenvalue weighted by Gasteiger charge is -2.43. The van der Waals surface area contributed by atoms with Crippen molar-refractivity contribution in [2.75, 3.05) is 19.0 Å². The minimum absolute atomic E-state index is 0.0108. The predicted molar refractivity (Wildman–Crippen MR) is 259 cm³/mol. The van der Waals surface area contributed by atoms with E-state index in [2.05, 4.69) is 16.0 Å². The molecule has 4 aromatic carbocycles. The molecule has 1 saturated heterocycles. The van der Waals surface area contributed by atoms with Gasteiger partial charge in [0.1, 0.15) is 24.4 Å². The van der Waals surface area contributed by atoms with Crippen LogP contribution in [-0.4, -0.2) is 110 Å². The fraction of sp³-hybridized carbons (Fsp3) is 0.385. The zero-order valence-electron chi connectivity index (χ0n) is 41.4. The van der Waals surface area contributed by atoms with E-state index >= 15 is 0 Å². The lowest BCUT2D eigenvalue weighted by Crippen LogP contribution is -2.63. The van der Waals surface area contributed by atoms with E-state index in [4.69, 9.17) is 37.9 Å². The summed E-state index contributed by atoms with van der Waals surface area (Å²) in [5, 5.41) is 19.3. The van der Waals surface area contributed by atoms with E-state index < -0.39 is 102 Å². The van der Waals surface area contributed by atoms with Crippen molar-refractivity contribution in [2.45, 2.75) is 109 Å². The summed E-state index contributed by atoms with van der Waals surface area (Å²) in [6, 6.07) is 22.7. The highest BCUT2D eigenvalue weighted by molar-refractivity contribution is 5.98. The van der Waals surface area contributed by atoms with Crippen LogP contribution in [0.25, 0.3) is 11.1 Å². The third-order valence-corrected chi connectivity index (χ3v) is 12.1. The SMILES string of the molecule is COC(=O)C1O[C@@H](CCc2cc(NC(=O)[C@H](C)NC(=O)[C@@H](NC(=O)OCC3c4ccccc4-c4ccccc43)C(C)C)ccc2C(OC=O)Oc2ccc([N+](=O)[O-])cc2)[C@H](OC(C)=O)[C@@H](OC(C)=O)[C@@H]1OC(C)=O. The number of non-ortho nitro benzene ring substituents is 1. The molecule has 8 atom stereocenters. The highest BCUT2D eigenvalue weighted by Crippen LogP contribution is 2.44. The Balaban J connectivity index is 1.22. The standard InChI is InChI=1S/C52H56N4O18/c1-27(2)43(55-52(64)68-25-41-39-14-10-8-12-37(39)38-13-9-11-15-40(38)41)49(62)53-28(3)48(61)54-33-17-22-36(51(69-26-57)73-35-20-18-34(19-21-35)56(65)66)32(24-33)16-23-42-44(70-29(4)58)45(71-30(5)59)46(72-31(6)60)47(74-42)50(63)67-7/h8-15,17-22,24,26-28,41-47,51H,16,23,25H2,1-7H3,(H,53,62)(H,54,61)(H,55,64)/t28-,42-,43-,44-,45+,46-,47?,51?/m0/s1. The van der Waals surface area contributed by atoms with Crippen LogP contribution in [0, 0.1) is 16.0 Å². The third-order valence-electron chi connectivity index (χ3n) is 12.1. The zero-order valence-corrected chi connectivity index (χ0v) is 41.4. The number of hydrogen-bond acceptors (Lipinski definition) is 18. The number of nitrogens with zero attached hydrogens (tertiary/aromatic N) is 1. The number of benzene rings is 4. The van der Waals surface area contributed by atoms with Crippen LogP contribution in [-0.2, 0) is 73.1 Å². The summed E-state index contributed by atoms with van der Waals surface area (Å²) < 4.78 is 44.5. The Labute approximate surface area is 424 Å². The maximum Gasteiger partial charge on any atom is 0.407 e.